The van der Waals surface area contributed by atoms with Crippen LogP contribution in [0.1, 0.15) is 26.3 Å². The number of carbonyl (C=O) groups excluding carboxylic acids is 2. The van der Waals surface area contributed by atoms with Crippen LogP contribution < -0.4 is 16.9 Å². The van der Waals surface area contributed by atoms with E-state index in [-0.39, 0.29) is 5.91 Å². The second kappa shape index (κ2) is 7.96. The highest BCUT2D eigenvalue weighted by molar-refractivity contribution is 5.97. The molecule has 4 N–H and O–H groups in total. The molecule has 9 nitrogen and oxygen atoms in total. The molecule has 2 aromatic carbocycles. The average molecular weight is 407 g/mol. The average Bonchev–Trinajstić information content (AvgIpc) is 2.75. The first-order valence-corrected chi connectivity index (χ1v) is 9.57. The molecule has 3 aromatic rings. The van der Waals surface area contributed by atoms with Crippen molar-refractivity contribution in [1.29, 1.82) is 0 Å². The van der Waals surface area contributed by atoms with Gasteiger partial charge in [0, 0.05) is 43.9 Å². The van der Waals surface area contributed by atoms with E-state index in [1.54, 1.807) is 35.2 Å². The van der Waals surface area contributed by atoms with Crippen LogP contribution >= 0.6 is 0 Å². The maximum atomic E-state index is 12.9. The van der Waals surface area contributed by atoms with Gasteiger partial charge in [0.2, 0.25) is 5.91 Å². The first-order chi connectivity index (χ1) is 14.4. The molecule has 9 heteroatoms. The molecule has 0 saturated carbocycles. The highest BCUT2D eigenvalue weighted by atomic mass is 16.2. The predicted molar refractivity (Wildman–Crippen MR) is 111 cm³/mol. The van der Waals surface area contributed by atoms with Gasteiger partial charge in [-0.2, -0.15) is 0 Å². The van der Waals surface area contributed by atoms with Crippen molar-refractivity contribution >= 4 is 22.8 Å². The van der Waals surface area contributed by atoms with E-state index < -0.39 is 17.0 Å². The number of aromatic nitrogens is 2. The van der Waals surface area contributed by atoms with Gasteiger partial charge in [-0.3, -0.25) is 24.1 Å². The summed E-state index contributed by atoms with van der Waals surface area (Å²) in [6, 6.07) is 12.1. The molecular formula is C21H21N5O4. The van der Waals surface area contributed by atoms with E-state index in [0.29, 0.717) is 35.2 Å². The number of aromatic amines is 2. The van der Waals surface area contributed by atoms with Gasteiger partial charge in [0.25, 0.3) is 5.91 Å². The topological polar surface area (TPSA) is 132 Å². The molecule has 0 aliphatic carbocycles. The van der Waals surface area contributed by atoms with Crippen LogP contribution in [0.3, 0.4) is 0 Å². The molecule has 30 heavy (non-hydrogen) atoms. The van der Waals surface area contributed by atoms with Crippen molar-refractivity contribution in [2.24, 2.45) is 5.73 Å². The Morgan fingerprint density at radius 1 is 0.833 bits per heavy atom. The van der Waals surface area contributed by atoms with Crippen LogP contribution in [0.5, 0.6) is 0 Å². The van der Waals surface area contributed by atoms with Crippen LogP contribution in [0.15, 0.2) is 52.1 Å². The maximum Gasteiger partial charge on any atom is 0.314 e. The van der Waals surface area contributed by atoms with Crippen LogP contribution in [0.2, 0.25) is 0 Å². The summed E-state index contributed by atoms with van der Waals surface area (Å²) < 4.78 is 0. The van der Waals surface area contributed by atoms with Crippen molar-refractivity contribution in [2.75, 3.05) is 26.2 Å². The highest BCUT2D eigenvalue weighted by Gasteiger charge is 2.22. The SMILES string of the molecule is NC(=O)c1ccc(CN2CCN(C(=O)c3ccc4[nH]c(=O)c(=O)[nH]c4c3)CC2)cc1. The molecule has 4 rings (SSSR count). The fourth-order valence-corrected chi connectivity index (χ4v) is 3.57. The summed E-state index contributed by atoms with van der Waals surface area (Å²) in [6.07, 6.45) is 0. The van der Waals surface area contributed by atoms with E-state index in [2.05, 4.69) is 14.9 Å². The summed E-state index contributed by atoms with van der Waals surface area (Å²) in [7, 11) is 0. The van der Waals surface area contributed by atoms with Crippen molar-refractivity contribution in [1.82, 2.24) is 19.8 Å². The van der Waals surface area contributed by atoms with Crippen LogP contribution in [-0.2, 0) is 6.54 Å². The van der Waals surface area contributed by atoms with E-state index in [9.17, 15) is 19.2 Å². The zero-order valence-electron chi connectivity index (χ0n) is 16.2. The molecule has 2 heterocycles. The fourth-order valence-electron chi connectivity index (χ4n) is 3.57. The van der Waals surface area contributed by atoms with Crippen molar-refractivity contribution < 1.29 is 9.59 Å². The molecule has 1 aliphatic heterocycles. The molecule has 2 amide bonds. The standard InChI is InChI=1S/C21H21N5O4/c22-18(27)14-3-1-13(2-4-14)12-25-7-9-26(10-8-25)21(30)15-5-6-16-17(11-15)24-20(29)19(28)23-16/h1-6,11H,7-10,12H2,(H2,22,27)(H,23,28)(H,24,29). The number of carbonyl (C=O) groups is 2. The molecule has 0 atom stereocenters. The Morgan fingerprint density at radius 3 is 2.07 bits per heavy atom. The number of nitrogens with zero attached hydrogens (tertiary/aromatic N) is 2. The van der Waals surface area contributed by atoms with Gasteiger partial charge in [-0.25, -0.2) is 0 Å². The first-order valence-electron chi connectivity index (χ1n) is 9.57. The van der Waals surface area contributed by atoms with E-state index in [4.69, 9.17) is 5.73 Å². The molecule has 154 valence electrons. The van der Waals surface area contributed by atoms with Crippen molar-refractivity contribution in [3.63, 3.8) is 0 Å². The van der Waals surface area contributed by atoms with Gasteiger partial charge in [-0.05, 0) is 35.9 Å². The predicted octanol–water partition coefficient (Wildman–Crippen LogP) is 0.273. The lowest BCUT2D eigenvalue weighted by atomic mass is 10.1. The molecule has 0 radical (unpaired) electrons. The Bertz CT molecular complexity index is 1220. The van der Waals surface area contributed by atoms with Crippen molar-refractivity contribution in [3.8, 4) is 0 Å². The summed E-state index contributed by atoms with van der Waals surface area (Å²) in [5, 5.41) is 0. The largest absolute Gasteiger partial charge is 0.366 e. The number of hydrogen-bond donors (Lipinski definition) is 3. The third-order valence-corrected chi connectivity index (χ3v) is 5.27. The second-order valence-corrected chi connectivity index (χ2v) is 7.30. The number of piperazine rings is 1. The van der Waals surface area contributed by atoms with Gasteiger partial charge in [-0.15, -0.1) is 0 Å². The molecular weight excluding hydrogens is 386 g/mol. The number of nitrogens with two attached hydrogens (primary N) is 1. The van der Waals surface area contributed by atoms with Gasteiger partial charge < -0.3 is 20.6 Å². The number of fused-ring (bicyclic) bond motifs is 1. The number of hydrogen-bond acceptors (Lipinski definition) is 5. The molecule has 0 unspecified atom stereocenters. The maximum absolute atomic E-state index is 12.9. The molecule has 1 saturated heterocycles. The summed E-state index contributed by atoms with van der Waals surface area (Å²) in [6.45, 7) is 3.34. The van der Waals surface area contributed by atoms with Crippen molar-refractivity contribution in [2.45, 2.75) is 6.54 Å². The number of nitrogens with one attached hydrogen (secondary N) is 2. The third kappa shape index (κ3) is 4.01. The van der Waals surface area contributed by atoms with Crippen LogP contribution in [0, 0.1) is 0 Å². The minimum atomic E-state index is -0.746. The van der Waals surface area contributed by atoms with E-state index >= 15 is 0 Å². The van der Waals surface area contributed by atoms with Crippen LogP contribution in [-0.4, -0.2) is 57.8 Å². The number of primary amides is 1. The van der Waals surface area contributed by atoms with Gasteiger partial charge >= 0.3 is 11.1 Å². The minimum Gasteiger partial charge on any atom is -0.366 e. The fraction of sp³-hybridized carbons (Fsp3) is 0.238. The van der Waals surface area contributed by atoms with Crippen LogP contribution in [0.4, 0.5) is 0 Å². The lowest BCUT2D eigenvalue weighted by Crippen LogP contribution is -2.48. The van der Waals surface area contributed by atoms with Gasteiger partial charge in [0.1, 0.15) is 0 Å². The molecule has 1 aromatic heterocycles. The van der Waals surface area contributed by atoms with Crippen LogP contribution in [0.25, 0.3) is 11.0 Å². The zero-order chi connectivity index (χ0) is 21.3. The highest BCUT2D eigenvalue weighted by Crippen LogP contribution is 2.15. The monoisotopic (exact) mass is 407 g/mol. The van der Waals surface area contributed by atoms with E-state index in [0.717, 1.165) is 25.2 Å². The Kier molecular flexibility index (Phi) is 5.20. The Labute approximate surface area is 171 Å². The smallest absolute Gasteiger partial charge is 0.314 e. The van der Waals surface area contributed by atoms with E-state index in [1.165, 1.54) is 0 Å². The molecule has 1 aliphatic rings. The summed E-state index contributed by atoms with van der Waals surface area (Å²) >= 11 is 0. The second-order valence-electron chi connectivity index (χ2n) is 7.30. The zero-order valence-corrected chi connectivity index (χ0v) is 16.2. The summed E-state index contributed by atoms with van der Waals surface area (Å²) in [4.78, 5) is 56.0. The van der Waals surface area contributed by atoms with Gasteiger partial charge in [0.15, 0.2) is 0 Å². The van der Waals surface area contributed by atoms with Crippen molar-refractivity contribution in [3.05, 3.63) is 79.9 Å². The quantitative estimate of drug-likeness (QED) is 0.534. The Morgan fingerprint density at radius 2 is 1.43 bits per heavy atom. The minimum absolute atomic E-state index is 0.116. The number of benzene rings is 2. The summed E-state index contributed by atoms with van der Waals surface area (Å²) in [5.74, 6) is -0.563. The lowest BCUT2D eigenvalue weighted by molar-refractivity contribution is 0.0628. The van der Waals surface area contributed by atoms with Gasteiger partial charge in [0.05, 0.1) is 11.0 Å². The van der Waals surface area contributed by atoms with E-state index in [1.807, 2.05) is 12.1 Å². The lowest BCUT2D eigenvalue weighted by Gasteiger charge is -2.34. The van der Waals surface area contributed by atoms with Gasteiger partial charge in [-0.1, -0.05) is 12.1 Å². The Hall–Kier alpha value is -3.72. The third-order valence-electron chi connectivity index (χ3n) is 5.27. The molecule has 0 spiro atoms. The summed E-state index contributed by atoms with van der Waals surface area (Å²) in [5.41, 5.74) is 6.71. The number of H-pyrrole nitrogens is 2. The first kappa shape index (κ1) is 19.6. The number of rotatable bonds is 4. The normalized spacial score (nSPS) is 14.7. The Balaban J connectivity index is 1.40. The number of amides is 2. The molecule has 0 bridgehead atoms. The molecule has 1 fully saturated rings.